The van der Waals surface area contributed by atoms with Crippen LogP contribution in [0.2, 0.25) is 0 Å². The van der Waals surface area contributed by atoms with E-state index in [9.17, 15) is 0 Å². The first kappa shape index (κ1) is 34.4. The minimum atomic E-state index is 0.727. The van der Waals surface area contributed by atoms with E-state index in [2.05, 4.69) is 187 Å². The van der Waals surface area contributed by atoms with Crippen LogP contribution in [0.3, 0.4) is 0 Å². The Labute approximate surface area is 346 Å². The SMILES string of the molecule is CN=C1/C(=C(/c2cc(C)cc(C)c2)n2c3ccc(OC)cc3c3c4c5ccc6ccccc6c5n(-c5ccccc5)c4c4ccccc4c32)Oc2ccc3ccccc3c21. The van der Waals surface area contributed by atoms with Crippen molar-refractivity contribution in [2.45, 2.75) is 13.8 Å². The van der Waals surface area contributed by atoms with Gasteiger partial charge in [-0.05, 0) is 78.5 Å². The highest BCUT2D eigenvalue weighted by Gasteiger charge is 2.34. The van der Waals surface area contributed by atoms with Crippen molar-refractivity contribution in [1.29, 1.82) is 0 Å². The maximum Gasteiger partial charge on any atom is 0.177 e. The topological polar surface area (TPSA) is 40.7 Å². The number of hydrogen-bond donors (Lipinski definition) is 0. The first-order chi connectivity index (χ1) is 29.5. The van der Waals surface area contributed by atoms with E-state index in [1.165, 1.54) is 43.7 Å². The van der Waals surface area contributed by atoms with Gasteiger partial charge in [-0.1, -0.05) is 126 Å². The molecule has 0 fully saturated rings. The molecule has 9 aromatic carbocycles. The molecule has 0 radical (unpaired) electrons. The standard InChI is InChI=1S/C55H39N3O2/c1-32-28-33(2)30-36(29-32)51(55-50(56-3)47-39-18-10-8-14-34(39)23-27-46(47)60-55)58-45-26-24-38(59-4)31-44(45)49-48-43-25-22-35-15-9-11-19-40(35)52(43)57(37-16-6-5-7-17-37)53(48)41-20-12-13-21-42(41)54(49)58/h5-31H,1-4H3/b55-51+,56-50?. The van der Waals surface area contributed by atoms with E-state index in [0.717, 1.165) is 88.8 Å². The first-order valence-corrected chi connectivity index (χ1v) is 20.5. The third-order valence-electron chi connectivity index (χ3n) is 12.4. The molecule has 2 aromatic heterocycles. The molecule has 3 heterocycles. The van der Waals surface area contributed by atoms with Crippen molar-refractivity contribution >= 4 is 87.3 Å². The van der Waals surface area contributed by atoms with Crippen molar-refractivity contribution in [3.05, 3.63) is 192 Å². The lowest BCUT2D eigenvalue weighted by atomic mass is 9.97. The van der Waals surface area contributed by atoms with E-state index in [0.29, 0.717) is 0 Å². The Kier molecular flexibility index (Phi) is 7.42. The Morgan fingerprint density at radius 3 is 1.92 bits per heavy atom. The van der Waals surface area contributed by atoms with Gasteiger partial charge in [0.15, 0.2) is 5.76 Å². The molecule has 5 heteroatoms. The number of para-hydroxylation sites is 1. The third-order valence-corrected chi connectivity index (χ3v) is 12.4. The van der Waals surface area contributed by atoms with Crippen molar-refractivity contribution in [3.8, 4) is 17.2 Å². The van der Waals surface area contributed by atoms with Gasteiger partial charge < -0.3 is 18.6 Å². The molecule has 1 aliphatic heterocycles. The largest absolute Gasteiger partial charge is 0.497 e. The van der Waals surface area contributed by atoms with Crippen LogP contribution in [-0.2, 0) is 0 Å². The van der Waals surface area contributed by atoms with E-state index in [-0.39, 0.29) is 0 Å². The Morgan fingerprint density at radius 1 is 0.550 bits per heavy atom. The number of benzene rings is 9. The van der Waals surface area contributed by atoms with E-state index in [1.54, 1.807) is 7.11 Å². The Balaban J connectivity index is 1.35. The summed E-state index contributed by atoms with van der Waals surface area (Å²) >= 11 is 0. The predicted molar refractivity (Wildman–Crippen MR) is 251 cm³/mol. The Morgan fingerprint density at radius 2 is 1.18 bits per heavy atom. The number of hydrogen-bond acceptors (Lipinski definition) is 3. The fourth-order valence-electron chi connectivity index (χ4n) is 10.1. The molecule has 5 nitrogen and oxygen atoms in total. The second kappa shape index (κ2) is 12.9. The molecule has 0 bridgehead atoms. The summed E-state index contributed by atoms with van der Waals surface area (Å²) in [4.78, 5) is 5.07. The summed E-state index contributed by atoms with van der Waals surface area (Å²) in [6.45, 7) is 4.34. The summed E-state index contributed by atoms with van der Waals surface area (Å²) in [6.07, 6.45) is 0. The molecule has 1 aliphatic rings. The summed E-state index contributed by atoms with van der Waals surface area (Å²) in [6, 6.07) is 59.1. The van der Waals surface area contributed by atoms with Crippen LogP contribution >= 0.6 is 0 Å². The number of nitrogens with zero attached hydrogens (tertiary/aromatic N) is 3. The molecule has 60 heavy (non-hydrogen) atoms. The molecular formula is C55H39N3O2. The van der Waals surface area contributed by atoms with Crippen LogP contribution in [0.25, 0.3) is 87.3 Å². The molecule has 11 aromatic rings. The van der Waals surface area contributed by atoms with Crippen LogP contribution in [0, 0.1) is 13.8 Å². The van der Waals surface area contributed by atoms with Crippen LogP contribution in [-0.4, -0.2) is 29.0 Å². The van der Waals surface area contributed by atoms with E-state index in [4.69, 9.17) is 14.5 Å². The molecule has 0 atom stereocenters. The lowest BCUT2D eigenvalue weighted by Crippen LogP contribution is -2.11. The quantitative estimate of drug-likeness (QED) is 0.179. The minimum absolute atomic E-state index is 0.727. The summed E-state index contributed by atoms with van der Waals surface area (Å²) < 4.78 is 18.1. The van der Waals surface area contributed by atoms with Gasteiger partial charge in [0.25, 0.3) is 0 Å². The van der Waals surface area contributed by atoms with Gasteiger partial charge >= 0.3 is 0 Å². The number of ether oxygens (including phenoxy) is 2. The smallest absolute Gasteiger partial charge is 0.177 e. The summed E-state index contributed by atoms with van der Waals surface area (Å²) in [7, 11) is 3.63. The molecule has 0 saturated carbocycles. The zero-order valence-corrected chi connectivity index (χ0v) is 33.7. The number of aryl methyl sites for hydroxylation is 2. The maximum absolute atomic E-state index is 7.16. The van der Waals surface area contributed by atoms with Crippen molar-refractivity contribution in [1.82, 2.24) is 9.13 Å². The number of allylic oxidation sites excluding steroid dienone is 1. The van der Waals surface area contributed by atoms with Crippen LogP contribution in [0.4, 0.5) is 0 Å². The number of aromatic nitrogens is 2. The first-order valence-electron chi connectivity index (χ1n) is 20.5. The van der Waals surface area contributed by atoms with Gasteiger partial charge in [-0.25, -0.2) is 0 Å². The second-order valence-electron chi connectivity index (χ2n) is 16.0. The zero-order valence-electron chi connectivity index (χ0n) is 33.7. The second-order valence-corrected chi connectivity index (χ2v) is 16.0. The third kappa shape index (κ3) is 4.77. The van der Waals surface area contributed by atoms with Gasteiger partial charge in [-0.3, -0.25) is 4.99 Å². The van der Waals surface area contributed by atoms with E-state index >= 15 is 0 Å². The van der Waals surface area contributed by atoms with Crippen LogP contribution in [0.1, 0.15) is 22.3 Å². The number of aliphatic imine (C=N–C) groups is 1. The van der Waals surface area contributed by atoms with Crippen LogP contribution in [0.15, 0.2) is 175 Å². The van der Waals surface area contributed by atoms with Gasteiger partial charge in [0.1, 0.15) is 17.2 Å². The molecular weight excluding hydrogens is 735 g/mol. The monoisotopic (exact) mass is 773 g/mol. The fourth-order valence-corrected chi connectivity index (χ4v) is 10.1. The minimum Gasteiger partial charge on any atom is -0.497 e. The molecule has 0 aliphatic carbocycles. The molecule has 286 valence electrons. The van der Waals surface area contributed by atoms with Crippen molar-refractivity contribution in [2.75, 3.05) is 14.2 Å². The predicted octanol–water partition coefficient (Wildman–Crippen LogP) is 13.7. The van der Waals surface area contributed by atoms with Crippen molar-refractivity contribution in [3.63, 3.8) is 0 Å². The van der Waals surface area contributed by atoms with Crippen LogP contribution in [0.5, 0.6) is 11.5 Å². The average Bonchev–Trinajstić information content (AvgIpc) is 3.95. The summed E-state index contributed by atoms with van der Waals surface area (Å²) in [5.41, 5.74) is 11.8. The molecule has 0 amide bonds. The molecule has 0 unspecified atom stereocenters. The van der Waals surface area contributed by atoms with Crippen molar-refractivity contribution < 1.29 is 9.47 Å². The normalized spacial score (nSPS) is 14.4. The lowest BCUT2D eigenvalue weighted by Gasteiger charge is -2.19. The maximum atomic E-state index is 7.16. The Hall–Kier alpha value is -7.63. The number of fused-ring (bicyclic) bond motifs is 15. The van der Waals surface area contributed by atoms with Gasteiger partial charge in [0.05, 0.1) is 40.4 Å². The summed E-state index contributed by atoms with van der Waals surface area (Å²) in [5, 5.41) is 11.6. The van der Waals surface area contributed by atoms with Crippen LogP contribution < -0.4 is 9.47 Å². The highest BCUT2D eigenvalue weighted by atomic mass is 16.5. The van der Waals surface area contributed by atoms with Gasteiger partial charge in [0, 0.05) is 56.0 Å². The summed E-state index contributed by atoms with van der Waals surface area (Å²) in [5.74, 6) is 2.33. The Bertz CT molecular complexity index is 3680. The van der Waals surface area contributed by atoms with Gasteiger partial charge in [0.2, 0.25) is 0 Å². The highest BCUT2D eigenvalue weighted by Crippen LogP contribution is 2.50. The lowest BCUT2D eigenvalue weighted by molar-refractivity contribution is 0.415. The van der Waals surface area contributed by atoms with E-state index in [1.807, 2.05) is 7.05 Å². The average molecular weight is 774 g/mol. The van der Waals surface area contributed by atoms with Gasteiger partial charge in [-0.2, -0.15) is 0 Å². The fraction of sp³-hybridized carbons (Fsp3) is 0.0727. The molecule has 0 N–H and O–H groups in total. The van der Waals surface area contributed by atoms with Crippen molar-refractivity contribution in [2.24, 2.45) is 4.99 Å². The number of rotatable bonds is 4. The molecule has 0 spiro atoms. The number of methoxy groups -OCH3 is 1. The van der Waals surface area contributed by atoms with Gasteiger partial charge in [-0.15, -0.1) is 0 Å². The highest BCUT2D eigenvalue weighted by molar-refractivity contribution is 6.39. The zero-order chi connectivity index (χ0) is 40.2. The van der Waals surface area contributed by atoms with E-state index < -0.39 is 0 Å². The molecule has 0 saturated heterocycles. The molecule has 12 rings (SSSR count).